The van der Waals surface area contributed by atoms with Gasteiger partial charge in [-0.3, -0.25) is 9.59 Å². The third-order valence-corrected chi connectivity index (χ3v) is 7.96. The summed E-state index contributed by atoms with van der Waals surface area (Å²) in [5.74, 6) is -1.52. The molecule has 0 saturated carbocycles. The van der Waals surface area contributed by atoms with Gasteiger partial charge in [-0.25, -0.2) is 8.70 Å². The summed E-state index contributed by atoms with van der Waals surface area (Å²) in [4.78, 5) is 28.0. The Bertz CT molecular complexity index is 1160. The molecule has 0 spiro atoms. The van der Waals surface area contributed by atoms with E-state index in [4.69, 9.17) is 23.2 Å². The number of carbonyl (C=O) groups excluding carboxylic acids is 2. The Balaban J connectivity index is 2.50. The minimum absolute atomic E-state index is 0.00690. The van der Waals surface area contributed by atoms with Crippen molar-refractivity contribution in [3.8, 4) is 0 Å². The molecule has 8 nitrogen and oxygen atoms in total. The van der Waals surface area contributed by atoms with Crippen LogP contribution < -0.4 is 9.62 Å². The van der Waals surface area contributed by atoms with Gasteiger partial charge in [0, 0.05) is 27.2 Å². The Hall–Kier alpha value is -2.40. The quantitative estimate of drug-likeness (QED) is 0.423. The molecule has 36 heavy (non-hydrogen) atoms. The lowest BCUT2D eigenvalue weighted by atomic mass is 10.1. The number of nitrogens with one attached hydrogen (secondary N) is 1. The molecular formula is C24H31Cl2FN4O4S. The third-order valence-electron chi connectivity index (χ3n) is 5.41. The van der Waals surface area contributed by atoms with E-state index in [-0.39, 0.29) is 23.2 Å². The highest BCUT2D eigenvalue weighted by Crippen LogP contribution is 2.25. The van der Waals surface area contributed by atoms with Crippen LogP contribution >= 0.6 is 23.2 Å². The molecule has 1 atom stereocenters. The van der Waals surface area contributed by atoms with Gasteiger partial charge in [0.25, 0.3) is 0 Å². The first-order valence-electron chi connectivity index (χ1n) is 11.4. The highest BCUT2D eigenvalue weighted by atomic mass is 35.5. The van der Waals surface area contributed by atoms with Crippen LogP contribution in [0.15, 0.2) is 42.5 Å². The summed E-state index contributed by atoms with van der Waals surface area (Å²) in [6.07, 6.45) is 1.00. The third kappa shape index (κ3) is 7.55. The Morgan fingerprint density at radius 3 is 2.19 bits per heavy atom. The highest BCUT2D eigenvalue weighted by molar-refractivity contribution is 7.90. The minimum atomic E-state index is -4.13. The maximum atomic E-state index is 13.7. The average Bonchev–Trinajstić information content (AvgIpc) is 2.83. The fourth-order valence-corrected chi connectivity index (χ4v) is 4.82. The molecule has 0 fully saturated rings. The number of halogens is 3. The van der Waals surface area contributed by atoms with Crippen molar-refractivity contribution in [2.75, 3.05) is 31.5 Å². The molecule has 0 aromatic heterocycles. The zero-order valence-corrected chi connectivity index (χ0v) is 23.0. The number of nitrogens with zero attached hydrogens (tertiary/aromatic N) is 3. The van der Waals surface area contributed by atoms with E-state index in [0.29, 0.717) is 30.0 Å². The molecule has 12 heteroatoms. The molecule has 2 rings (SSSR count). The second kappa shape index (κ2) is 13.2. The first-order chi connectivity index (χ1) is 16.9. The number of amides is 2. The highest BCUT2D eigenvalue weighted by Gasteiger charge is 2.33. The Morgan fingerprint density at radius 1 is 1.03 bits per heavy atom. The van der Waals surface area contributed by atoms with Gasteiger partial charge in [-0.05, 0) is 54.8 Å². The monoisotopic (exact) mass is 560 g/mol. The van der Waals surface area contributed by atoms with Crippen molar-refractivity contribution in [1.82, 2.24) is 14.5 Å². The molecule has 0 aliphatic heterocycles. The molecule has 0 saturated heterocycles. The standard InChI is InChI=1S/C24H31Cl2FN4O4S/c1-5-13-28-24(33)22(6-2)30(15-17-7-12-20(25)21(26)14-17)23(32)16-31(36(34,35)29(3)4)19-10-8-18(27)9-11-19/h7-12,14,22H,5-6,13,15-16H2,1-4H3,(H,28,33)/t22-/m1/s1. The van der Waals surface area contributed by atoms with Crippen molar-refractivity contribution in [3.05, 3.63) is 63.9 Å². The SMILES string of the molecule is CCCNC(=O)[C@@H](CC)N(Cc1ccc(Cl)c(Cl)c1)C(=O)CN(c1ccc(F)cc1)S(=O)(=O)N(C)C. The van der Waals surface area contributed by atoms with Gasteiger partial charge in [0.15, 0.2) is 0 Å². The van der Waals surface area contributed by atoms with Gasteiger partial charge in [0.05, 0.1) is 15.7 Å². The van der Waals surface area contributed by atoms with Gasteiger partial charge in [0.1, 0.15) is 18.4 Å². The van der Waals surface area contributed by atoms with Crippen molar-refractivity contribution >= 4 is 50.9 Å². The zero-order valence-electron chi connectivity index (χ0n) is 20.7. The first kappa shape index (κ1) is 29.8. The zero-order chi connectivity index (χ0) is 27.0. The number of benzene rings is 2. The predicted molar refractivity (Wildman–Crippen MR) is 141 cm³/mol. The van der Waals surface area contributed by atoms with E-state index in [2.05, 4.69) is 5.32 Å². The van der Waals surface area contributed by atoms with Crippen molar-refractivity contribution in [2.24, 2.45) is 0 Å². The lowest BCUT2D eigenvalue weighted by Crippen LogP contribution is -2.53. The molecule has 198 valence electrons. The summed E-state index contributed by atoms with van der Waals surface area (Å²) in [7, 11) is -1.47. The van der Waals surface area contributed by atoms with Gasteiger partial charge in [-0.1, -0.05) is 43.1 Å². The Morgan fingerprint density at radius 2 is 1.67 bits per heavy atom. The summed E-state index contributed by atoms with van der Waals surface area (Å²) in [6.45, 7) is 3.49. The van der Waals surface area contributed by atoms with Crippen molar-refractivity contribution in [3.63, 3.8) is 0 Å². The smallest absolute Gasteiger partial charge is 0.304 e. The molecule has 2 aromatic rings. The van der Waals surface area contributed by atoms with Crippen LogP contribution in [0.2, 0.25) is 10.0 Å². The van der Waals surface area contributed by atoms with E-state index in [1.54, 1.807) is 25.1 Å². The Kier molecular flexibility index (Phi) is 11.0. The van der Waals surface area contributed by atoms with Crippen molar-refractivity contribution in [1.29, 1.82) is 0 Å². The van der Waals surface area contributed by atoms with Crippen LogP contribution in [-0.4, -0.2) is 62.7 Å². The van der Waals surface area contributed by atoms with E-state index >= 15 is 0 Å². The maximum Gasteiger partial charge on any atom is 0.304 e. The number of carbonyl (C=O) groups is 2. The molecule has 1 N–H and O–H groups in total. The predicted octanol–water partition coefficient (Wildman–Crippen LogP) is 4.08. The summed E-state index contributed by atoms with van der Waals surface area (Å²) >= 11 is 12.2. The van der Waals surface area contributed by atoms with Crippen LogP contribution in [0.1, 0.15) is 32.3 Å². The second-order valence-corrected chi connectivity index (χ2v) is 11.1. The Labute approximate surface area is 222 Å². The fourth-order valence-electron chi connectivity index (χ4n) is 3.44. The summed E-state index contributed by atoms with van der Waals surface area (Å²) in [6, 6.07) is 8.76. The van der Waals surface area contributed by atoms with E-state index in [0.717, 1.165) is 20.7 Å². The summed E-state index contributed by atoms with van der Waals surface area (Å²) in [5, 5.41) is 3.43. The number of hydrogen-bond donors (Lipinski definition) is 1. The van der Waals surface area contributed by atoms with Gasteiger partial charge < -0.3 is 10.2 Å². The van der Waals surface area contributed by atoms with Crippen LogP contribution in [0, 0.1) is 5.82 Å². The van der Waals surface area contributed by atoms with Crippen LogP contribution in [0.4, 0.5) is 10.1 Å². The number of hydrogen-bond acceptors (Lipinski definition) is 4. The number of anilines is 1. The molecule has 0 unspecified atom stereocenters. The van der Waals surface area contributed by atoms with Gasteiger partial charge in [-0.2, -0.15) is 12.7 Å². The van der Waals surface area contributed by atoms with Crippen molar-refractivity contribution < 1.29 is 22.4 Å². The maximum absolute atomic E-state index is 13.7. The molecule has 0 radical (unpaired) electrons. The fraction of sp³-hybridized carbons (Fsp3) is 0.417. The van der Waals surface area contributed by atoms with E-state index in [9.17, 15) is 22.4 Å². The second-order valence-electron chi connectivity index (χ2n) is 8.26. The van der Waals surface area contributed by atoms with E-state index in [1.165, 1.54) is 31.1 Å². The summed E-state index contributed by atoms with van der Waals surface area (Å²) < 4.78 is 41.6. The van der Waals surface area contributed by atoms with E-state index in [1.807, 2.05) is 6.92 Å². The van der Waals surface area contributed by atoms with Gasteiger partial charge in [-0.15, -0.1) is 0 Å². The first-order valence-corrected chi connectivity index (χ1v) is 13.5. The van der Waals surface area contributed by atoms with Gasteiger partial charge >= 0.3 is 10.2 Å². The molecular weight excluding hydrogens is 530 g/mol. The molecule has 0 bridgehead atoms. The van der Waals surface area contributed by atoms with Crippen LogP contribution in [0.5, 0.6) is 0 Å². The number of rotatable bonds is 12. The molecule has 0 aliphatic carbocycles. The topological polar surface area (TPSA) is 90.0 Å². The van der Waals surface area contributed by atoms with Crippen LogP contribution in [0.25, 0.3) is 0 Å². The lowest BCUT2D eigenvalue weighted by molar-refractivity contribution is -0.140. The van der Waals surface area contributed by atoms with Crippen LogP contribution in [-0.2, 0) is 26.3 Å². The molecule has 2 amide bonds. The van der Waals surface area contributed by atoms with Crippen LogP contribution in [0.3, 0.4) is 0 Å². The largest absolute Gasteiger partial charge is 0.354 e. The molecule has 0 heterocycles. The van der Waals surface area contributed by atoms with Gasteiger partial charge in [0.2, 0.25) is 11.8 Å². The van der Waals surface area contributed by atoms with E-state index < -0.39 is 34.5 Å². The molecule has 0 aliphatic rings. The lowest BCUT2D eigenvalue weighted by Gasteiger charge is -2.34. The molecule has 2 aromatic carbocycles. The minimum Gasteiger partial charge on any atom is -0.354 e. The average molecular weight is 562 g/mol. The summed E-state index contributed by atoms with van der Waals surface area (Å²) in [5.41, 5.74) is 0.722. The van der Waals surface area contributed by atoms with Crippen molar-refractivity contribution in [2.45, 2.75) is 39.3 Å². The normalized spacial score (nSPS) is 12.3.